The number of ketones is 1. The van der Waals surface area contributed by atoms with Crippen molar-refractivity contribution >= 4 is 17.5 Å². The van der Waals surface area contributed by atoms with Crippen LogP contribution in [0.5, 0.6) is 0 Å². The number of aliphatic hydroxyl groups is 1. The molecule has 0 saturated carbocycles. The molecule has 2 atom stereocenters. The predicted molar refractivity (Wildman–Crippen MR) is 68.7 cm³/mol. The molecule has 0 bridgehead atoms. The number of benzene rings is 1. The largest absolute Gasteiger partial charge is 0.392 e. The maximum absolute atomic E-state index is 13.3. The summed E-state index contributed by atoms with van der Waals surface area (Å²) in [6.45, 7) is 3.56. The summed E-state index contributed by atoms with van der Waals surface area (Å²) in [4.78, 5) is 11.6. The molecule has 2 unspecified atom stereocenters. The lowest BCUT2D eigenvalue weighted by atomic mass is 10.1. The molecule has 0 saturated heterocycles. The Kier molecular flexibility index (Phi) is 5.65. The molecule has 0 aliphatic rings. The standard InChI is InChI=1S/C13H17FO2S/c1-9(15)10(2)17-8-12(16)7-11-5-3-4-6-13(11)14/h3-6,9-10,15H,7-8H2,1-2H3. The number of carbonyl (C=O) groups excluding carboxylic acids is 1. The van der Waals surface area contributed by atoms with Crippen molar-refractivity contribution < 1.29 is 14.3 Å². The van der Waals surface area contributed by atoms with Gasteiger partial charge in [0.2, 0.25) is 0 Å². The third-order valence-electron chi connectivity index (χ3n) is 2.53. The summed E-state index contributed by atoms with van der Waals surface area (Å²) in [6, 6.07) is 6.30. The second kappa shape index (κ2) is 6.77. The van der Waals surface area contributed by atoms with Crippen LogP contribution in [0.1, 0.15) is 19.4 Å². The van der Waals surface area contributed by atoms with Crippen molar-refractivity contribution in [2.75, 3.05) is 5.75 Å². The number of halogens is 1. The third-order valence-corrected chi connectivity index (χ3v) is 3.94. The predicted octanol–water partition coefficient (Wildman–Crippen LogP) is 2.44. The Morgan fingerprint density at radius 2 is 2.06 bits per heavy atom. The van der Waals surface area contributed by atoms with E-state index in [0.29, 0.717) is 11.3 Å². The maximum atomic E-state index is 13.3. The number of carbonyl (C=O) groups is 1. The maximum Gasteiger partial charge on any atom is 0.147 e. The van der Waals surface area contributed by atoms with Crippen molar-refractivity contribution in [3.8, 4) is 0 Å². The quantitative estimate of drug-likeness (QED) is 0.849. The van der Waals surface area contributed by atoms with Crippen LogP contribution in [-0.4, -0.2) is 28.0 Å². The van der Waals surface area contributed by atoms with Crippen molar-refractivity contribution in [2.45, 2.75) is 31.6 Å². The molecule has 0 aliphatic heterocycles. The summed E-state index contributed by atoms with van der Waals surface area (Å²) < 4.78 is 13.3. The Hall–Kier alpha value is -0.870. The molecule has 1 N–H and O–H groups in total. The zero-order valence-electron chi connectivity index (χ0n) is 10.0. The number of rotatable bonds is 6. The van der Waals surface area contributed by atoms with E-state index in [1.54, 1.807) is 25.1 Å². The van der Waals surface area contributed by atoms with Gasteiger partial charge in [-0.3, -0.25) is 4.79 Å². The van der Waals surface area contributed by atoms with Crippen LogP contribution in [0.2, 0.25) is 0 Å². The summed E-state index contributed by atoms with van der Waals surface area (Å²) in [5.41, 5.74) is 0.433. The smallest absolute Gasteiger partial charge is 0.147 e. The van der Waals surface area contributed by atoms with Crippen molar-refractivity contribution in [3.63, 3.8) is 0 Å². The third kappa shape index (κ3) is 4.88. The highest BCUT2D eigenvalue weighted by Gasteiger charge is 2.13. The van der Waals surface area contributed by atoms with Crippen LogP contribution in [0.3, 0.4) is 0 Å². The second-order valence-electron chi connectivity index (χ2n) is 4.06. The lowest BCUT2D eigenvalue weighted by Crippen LogP contribution is -2.18. The van der Waals surface area contributed by atoms with Gasteiger partial charge in [0.25, 0.3) is 0 Å². The van der Waals surface area contributed by atoms with Crippen LogP contribution in [-0.2, 0) is 11.2 Å². The fraction of sp³-hybridized carbons (Fsp3) is 0.462. The molecule has 0 heterocycles. The molecule has 1 aromatic carbocycles. The van der Waals surface area contributed by atoms with E-state index in [4.69, 9.17) is 0 Å². The summed E-state index contributed by atoms with van der Waals surface area (Å²) in [6.07, 6.45) is -0.326. The van der Waals surface area contributed by atoms with Gasteiger partial charge in [0, 0.05) is 11.7 Å². The molecular weight excluding hydrogens is 239 g/mol. The van der Waals surface area contributed by atoms with Crippen LogP contribution in [0.4, 0.5) is 4.39 Å². The van der Waals surface area contributed by atoms with Crippen LogP contribution < -0.4 is 0 Å². The first-order valence-electron chi connectivity index (χ1n) is 5.55. The van der Waals surface area contributed by atoms with Gasteiger partial charge in [-0.05, 0) is 18.6 Å². The van der Waals surface area contributed by atoms with Crippen molar-refractivity contribution in [1.82, 2.24) is 0 Å². The summed E-state index contributed by atoms with van der Waals surface area (Å²) in [7, 11) is 0. The van der Waals surface area contributed by atoms with Gasteiger partial charge in [0.05, 0.1) is 11.9 Å². The summed E-state index contributed by atoms with van der Waals surface area (Å²) in [5.74, 6) is -0.0533. The minimum atomic E-state index is -0.443. The van der Waals surface area contributed by atoms with E-state index < -0.39 is 6.10 Å². The number of Topliss-reactive ketones (excluding diaryl/α,β-unsaturated/α-hetero) is 1. The van der Waals surface area contributed by atoms with E-state index in [-0.39, 0.29) is 23.3 Å². The Morgan fingerprint density at radius 1 is 1.41 bits per heavy atom. The molecule has 0 amide bonds. The van der Waals surface area contributed by atoms with E-state index >= 15 is 0 Å². The number of aliphatic hydroxyl groups excluding tert-OH is 1. The van der Waals surface area contributed by atoms with Crippen molar-refractivity contribution in [1.29, 1.82) is 0 Å². The van der Waals surface area contributed by atoms with Crippen LogP contribution in [0.15, 0.2) is 24.3 Å². The Labute approximate surface area is 105 Å². The molecular formula is C13H17FO2S. The summed E-state index contributed by atoms with van der Waals surface area (Å²) in [5, 5.41) is 9.29. The number of hydrogen-bond donors (Lipinski definition) is 1. The van der Waals surface area contributed by atoms with Crippen molar-refractivity contribution in [2.24, 2.45) is 0 Å². The monoisotopic (exact) mass is 256 g/mol. The molecule has 1 rings (SSSR count). The van der Waals surface area contributed by atoms with Gasteiger partial charge in [-0.25, -0.2) is 4.39 Å². The van der Waals surface area contributed by atoms with Crippen LogP contribution in [0.25, 0.3) is 0 Å². The first-order valence-corrected chi connectivity index (χ1v) is 6.60. The fourth-order valence-corrected chi connectivity index (χ4v) is 2.10. The second-order valence-corrected chi connectivity index (χ2v) is 5.43. The van der Waals surface area contributed by atoms with Gasteiger partial charge >= 0.3 is 0 Å². The SMILES string of the molecule is CC(O)C(C)SCC(=O)Cc1ccccc1F. The van der Waals surface area contributed by atoms with Crippen LogP contribution >= 0.6 is 11.8 Å². The van der Waals surface area contributed by atoms with Gasteiger partial charge < -0.3 is 5.11 Å². The van der Waals surface area contributed by atoms with E-state index in [1.165, 1.54) is 17.8 Å². The average Bonchev–Trinajstić information content (AvgIpc) is 2.29. The van der Waals surface area contributed by atoms with Crippen molar-refractivity contribution in [3.05, 3.63) is 35.6 Å². The zero-order valence-corrected chi connectivity index (χ0v) is 10.8. The van der Waals surface area contributed by atoms with Gasteiger partial charge in [0.15, 0.2) is 0 Å². The minimum absolute atomic E-state index is 0.0135. The zero-order chi connectivity index (χ0) is 12.8. The molecule has 0 aromatic heterocycles. The van der Waals surface area contributed by atoms with E-state index in [1.807, 2.05) is 6.92 Å². The van der Waals surface area contributed by atoms with Gasteiger partial charge in [-0.1, -0.05) is 25.1 Å². The van der Waals surface area contributed by atoms with Gasteiger partial charge in [-0.15, -0.1) is 11.8 Å². The Bertz CT molecular complexity index is 379. The first-order chi connectivity index (χ1) is 8.00. The van der Waals surface area contributed by atoms with Gasteiger partial charge in [-0.2, -0.15) is 0 Å². The molecule has 94 valence electrons. The van der Waals surface area contributed by atoms with Crippen LogP contribution in [0, 0.1) is 5.82 Å². The number of hydrogen-bond acceptors (Lipinski definition) is 3. The molecule has 2 nitrogen and oxygen atoms in total. The molecule has 0 aliphatic carbocycles. The Balaban J connectivity index is 2.43. The molecule has 1 aromatic rings. The average molecular weight is 256 g/mol. The van der Waals surface area contributed by atoms with Gasteiger partial charge in [0.1, 0.15) is 11.6 Å². The van der Waals surface area contributed by atoms with E-state index in [9.17, 15) is 14.3 Å². The minimum Gasteiger partial charge on any atom is -0.392 e. The lowest BCUT2D eigenvalue weighted by molar-refractivity contribution is -0.116. The highest BCUT2D eigenvalue weighted by molar-refractivity contribution is 8.00. The fourth-order valence-electron chi connectivity index (χ4n) is 1.27. The molecule has 17 heavy (non-hydrogen) atoms. The normalized spacial score (nSPS) is 14.4. The van der Waals surface area contributed by atoms with E-state index in [0.717, 1.165) is 0 Å². The first kappa shape index (κ1) is 14.2. The van der Waals surface area contributed by atoms with E-state index in [2.05, 4.69) is 0 Å². The molecule has 0 spiro atoms. The number of thioether (sulfide) groups is 1. The molecule has 0 radical (unpaired) electrons. The topological polar surface area (TPSA) is 37.3 Å². The molecule has 0 fully saturated rings. The molecule has 4 heteroatoms. The highest BCUT2D eigenvalue weighted by Crippen LogP contribution is 2.15. The Morgan fingerprint density at radius 3 is 2.65 bits per heavy atom. The highest BCUT2D eigenvalue weighted by atomic mass is 32.2. The lowest BCUT2D eigenvalue weighted by Gasteiger charge is -2.13. The summed E-state index contributed by atoms with van der Waals surface area (Å²) >= 11 is 1.40.